The summed E-state index contributed by atoms with van der Waals surface area (Å²) in [4.78, 5) is 22.0. The fourth-order valence-corrected chi connectivity index (χ4v) is 1.67. The third-order valence-electron chi connectivity index (χ3n) is 2.65. The summed E-state index contributed by atoms with van der Waals surface area (Å²) in [5.74, 6) is -2.35. The number of benzene rings is 2. The van der Waals surface area contributed by atoms with Gasteiger partial charge in [-0.15, -0.1) is 0 Å². The molecule has 21 heavy (non-hydrogen) atoms. The highest BCUT2D eigenvalue weighted by atomic mass is 19.1. The Labute approximate surface area is 117 Å². The van der Waals surface area contributed by atoms with Gasteiger partial charge in [0.25, 0.3) is 11.6 Å². The van der Waals surface area contributed by atoms with Crippen molar-refractivity contribution in [2.45, 2.75) is 0 Å². The van der Waals surface area contributed by atoms with Gasteiger partial charge in [-0.3, -0.25) is 14.9 Å². The lowest BCUT2D eigenvalue weighted by Gasteiger charge is -2.07. The van der Waals surface area contributed by atoms with Crippen LogP contribution < -0.4 is 11.1 Å². The van der Waals surface area contributed by atoms with Crippen molar-refractivity contribution in [2.75, 3.05) is 11.1 Å². The van der Waals surface area contributed by atoms with Crippen LogP contribution in [0.15, 0.2) is 36.4 Å². The molecule has 0 spiro atoms. The largest absolute Gasteiger partial charge is 0.396 e. The number of hydrogen-bond acceptors (Lipinski definition) is 4. The van der Waals surface area contributed by atoms with Gasteiger partial charge in [0, 0.05) is 11.8 Å². The molecular weight excluding hydrogens is 284 g/mol. The maximum Gasteiger partial charge on any atom is 0.282 e. The summed E-state index contributed by atoms with van der Waals surface area (Å²) in [6.07, 6.45) is 0. The van der Waals surface area contributed by atoms with Crippen LogP contribution in [0.2, 0.25) is 0 Å². The second kappa shape index (κ2) is 5.53. The molecule has 3 N–H and O–H groups in total. The Kier molecular flexibility index (Phi) is 3.79. The lowest BCUT2D eigenvalue weighted by atomic mass is 10.1. The van der Waals surface area contributed by atoms with Gasteiger partial charge in [-0.05, 0) is 30.3 Å². The Balaban J connectivity index is 2.34. The summed E-state index contributed by atoms with van der Waals surface area (Å²) < 4.78 is 26.2. The van der Waals surface area contributed by atoms with Crippen LogP contribution in [0.4, 0.5) is 25.8 Å². The molecule has 0 aliphatic rings. The number of nitro benzene ring substituents is 1. The average Bonchev–Trinajstić information content (AvgIpc) is 2.42. The molecule has 0 aliphatic carbocycles. The highest BCUT2D eigenvalue weighted by molar-refractivity contribution is 6.07. The number of nitro groups is 1. The number of carbonyl (C=O) groups is 1. The van der Waals surface area contributed by atoms with Crippen LogP contribution in [0, 0.1) is 21.7 Å². The molecule has 0 aliphatic heterocycles. The van der Waals surface area contributed by atoms with Crippen molar-refractivity contribution in [3.8, 4) is 0 Å². The van der Waals surface area contributed by atoms with E-state index >= 15 is 0 Å². The number of nitrogens with zero attached hydrogens (tertiary/aromatic N) is 1. The van der Waals surface area contributed by atoms with Gasteiger partial charge in [-0.1, -0.05) is 0 Å². The van der Waals surface area contributed by atoms with Gasteiger partial charge in [0.15, 0.2) is 0 Å². The molecule has 0 aromatic heterocycles. The first-order valence-electron chi connectivity index (χ1n) is 5.69. The van der Waals surface area contributed by atoms with Gasteiger partial charge < -0.3 is 11.1 Å². The first kappa shape index (κ1) is 14.4. The second-order valence-electron chi connectivity index (χ2n) is 4.11. The smallest absolute Gasteiger partial charge is 0.282 e. The lowest BCUT2D eigenvalue weighted by Crippen LogP contribution is -2.14. The third-order valence-corrected chi connectivity index (χ3v) is 2.65. The number of amides is 1. The van der Waals surface area contributed by atoms with Crippen LogP contribution in [0.1, 0.15) is 10.4 Å². The molecule has 2 aromatic carbocycles. The summed E-state index contributed by atoms with van der Waals surface area (Å²) >= 11 is 0. The number of halogens is 2. The van der Waals surface area contributed by atoms with Crippen LogP contribution in [0.25, 0.3) is 0 Å². The minimum absolute atomic E-state index is 0.137. The van der Waals surface area contributed by atoms with E-state index in [4.69, 9.17) is 5.73 Å². The number of nitrogen functional groups attached to an aromatic ring is 1. The van der Waals surface area contributed by atoms with Crippen molar-refractivity contribution in [2.24, 2.45) is 0 Å². The summed E-state index contributed by atoms with van der Waals surface area (Å²) in [6, 6.07) is 5.94. The summed E-state index contributed by atoms with van der Waals surface area (Å²) in [5, 5.41) is 13.1. The van der Waals surface area contributed by atoms with E-state index in [1.165, 1.54) is 6.07 Å². The molecule has 8 heteroatoms. The molecule has 0 unspecified atom stereocenters. The van der Waals surface area contributed by atoms with Crippen LogP contribution in [-0.4, -0.2) is 10.8 Å². The zero-order chi connectivity index (χ0) is 15.6. The number of hydrogen-bond donors (Lipinski definition) is 2. The Morgan fingerprint density at radius 3 is 2.52 bits per heavy atom. The fourth-order valence-electron chi connectivity index (χ4n) is 1.67. The highest BCUT2D eigenvalue weighted by Crippen LogP contribution is 2.22. The second-order valence-corrected chi connectivity index (χ2v) is 4.11. The van der Waals surface area contributed by atoms with Gasteiger partial charge in [-0.2, -0.15) is 0 Å². The molecule has 2 aromatic rings. The highest BCUT2D eigenvalue weighted by Gasteiger charge is 2.21. The van der Waals surface area contributed by atoms with E-state index in [2.05, 4.69) is 5.32 Å². The molecule has 0 saturated carbocycles. The third kappa shape index (κ3) is 3.11. The number of rotatable bonds is 3. The fraction of sp³-hybridized carbons (Fsp3) is 0. The number of carbonyl (C=O) groups excluding carboxylic acids is 1. The van der Waals surface area contributed by atoms with Crippen molar-refractivity contribution < 1.29 is 18.5 Å². The quantitative estimate of drug-likeness (QED) is 0.516. The van der Waals surface area contributed by atoms with Crippen molar-refractivity contribution in [3.05, 3.63) is 63.7 Å². The zero-order valence-corrected chi connectivity index (χ0v) is 10.5. The van der Waals surface area contributed by atoms with Crippen LogP contribution in [-0.2, 0) is 0 Å². The zero-order valence-electron chi connectivity index (χ0n) is 10.5. The Morgan fingerprint density at radius 1 is 1.19 bits per heavy atom. The normalized spacial score (nSPS) is 10.2. The van der Waals surface area contributed by atoms with Crippen molar-refractivity contribution in [1.82, 2.24) is 0 Å². The Hall–Kier alpha value is -3.03. The number of nitrogens with one attached hydrogen (secondary N) is 1. The Bertz CT molecular complexity index is 735. The molecular formula is C13H9F2N3O3. The van der Waals surface area contributed by atoms with Gasteiger partial charge in [-0.25, -0.2) is 8.78 Å². The Morgan fingerprint density at radius 2 is 1.90 bits per heavy atom. The van der Waals surface area contributed by atoms with Crippen LogP contribution in [0.3, 0.4) is 0 Å². The molecule has 6 nitrogen and oxygen atoms in total. The molecule has 0 heterocycles. The standard InChI is InChI=1S/C13H9F2N3O3/c14-7-1-4-12(18(20)21)9(5-7)13(19)17-8-2-3-10(15)11(16)6-8/h1-6H,16H2,(H,17,19). The predicted octanol–water partition coefficient (Wildman–Crippen LogP) is 2.71. The summed E-state index contributed by atoms with van der Waals surface area (Å²) in [5.41, 5.74) is 4.31. The van der Waals surface area contributed by atoms with E-state index in [1.54, 1.807) is 0 Å². The van der Waals surface area contributed by atoms with E-state index in [0.29, 0.717) is 0 Å². The molecule has 1 amide bonds. The molecule has 2 rings (SSSR count). The maximum atomic E-state index is 13.2. The van der Waals surface area contributed by atoms with Crippen molar-refractivity contribution in [3.63, 3.8) is 0 Å². The lowest BCUT2D eigenvalue weighted by molar-refractivity contribution is -0.385. The molecule has 0 saturated heterocycles. The molecule has 0 bridgehead atoms. The van der Waals surface area contributed by atoms with Crippen LogP contribution >= 0.6 is 0 Å². The van der Waals surface area contributed by atoms with Gasteiger partial charge in [0.2, 0.25) is 0 Å². The van der Waals surface area contributed by atoms with E-state index < -0.39 is 33.7 Å². The molecule has 0 radical (unpaired) electrons. The van der Waals surface area contributed by atoms with Gasteiger partial charge in [0.1, 0.15) is 17.2 Å². The number of nitrogens with two attached hydrogens (primary N) is 1. The first-order valence-corrected chi connectivity index (χ1v) is 5.69. The minimum Gasteiger partial charge on any atom is -0.396 e. The van der Waals surface area contributed by atoms with E-state index in [-0.39, 0.29) is 11.4 Å². The first-order chi connectivity index (χ1) is 9.88. The maximum absolute atomic E-state index is 13.2. The molecule has 108 valence electrons. The molecule has 0 fully saturated rings. The monoisotopic (exact) mass is 293 g/mol. The van der Waals surface area contributed by atoms with Crippen molar-refractivity contribution >= 4 is 23.0 Å². The van der Waals surface area contributed by atoms with E-state index in [0.717, 1.165) is 30.3 Å². The van der Waals surface area contributed by atoms with Gasteiger partial charge >= 0.3 is 0 Å². The minimum atomic E-state index is -0.896. The summed E-state index contributed by atoms with van der Waals surface area (Å²) in [7, 11) is 0. The van der Waals surface area contributed by atoms with Crippen LogP contribution in [0.5, 0.6) is 0 Å². The van der Waals surface area contributed by atoms with Gasteiger partial charge in [0.05, 0.1) is 10.6 Å². The molecule has 0 atom stereocenters. The SMILES string of the molecule is Nc1cc(NC(=O)c2cc(F)ccc2[N+](=O)[O-])ccc1F. The van der Waals surface area contributed by atoms with E-state index in [9.17, 15) is 23.7 Å². The average molecular weight is 293 g/mol. The van der Waals surface area contributed by atoms with Crippen molar-refractivity contribution in [1.29, 1.82) is 0 Å². The summed E-state index contributed by atoms with van der Waals surface area (Å²) in [6.45, 7) is 0. The number of anilines is 2. The predicted molar refractivity (Wildman–Crippen MR) is 71.8 cm³/mol. The van der Waals surface area contributed by atoms with E-state index in [1.807, 2.05) is 0 Å². The topological polar surface area (TPSA) is 98.3 Å².